The molecule has 0 amide bonds. The lowest BCUT2D eigenvalue weighted by Gasteiger charge is -2.37. The van der Waals surface area contributed by atoms with Crippen molar-refractivity contribution in [2.75, 3.05) is 46.1 Å². The summed E-state index contributed by atoms with van der Waals surface area (Å²) in [6.45, 7) is 11.4. The van der Waals surface area contributed by atoms with Gasteiger partial charge in [0.25, 0.3) is 0 Å². The van der Waals surface area contributed by atoms with Crippen molar-refractivity contribution >= 4 is 8.80 Å². The van der Waals surface area contributed by atoms with Crippen LogP contribution in [0, 0.1) is 0 Å². The predicted molar refractivity (Wildman–Crippen MR) is 98.4 cm³/mol. The monoisotopic (exact) mass is 346 g/mol. The van der Waals surface area contributed by atoms with E-state index in [0.717, 1.165) is 69.0 Å². The molecule has 0 N–H and O–H groups in total. The molecule has 1 saturated heterocycles. The van der Waals surface area contributed by atoms with E-state index in [4.69, 9.17) is 13.3 Å². The van der Waals surface area contributed by atoms with Gasteiger partial charge in [-0.25, -0.2) is 0 Å². The minimum atomic E-state index is -2.57. The molecule has 138 valence electrons. The molecule has 1 aliphatic rings. The van der Waals surface area contributed by atoms with Crippen LogP contribution in [0.5, 0.6) is 0 Å². The Labute approximate surface area is 145 Å². The Morgan fingerprint density at radius 2 is 1.13 bits per heavy atom. The van der Waals surface area contributed by atoms with E-state index < -0.39 is 8.80 Å². The molecule has 1 rings (SSSR count). The molecular formula is C18H40NO3Si+. The Kier molecular flexibility index (Phi) is 10.6. The second-order valence-electron chi connectivity index (χ2n) is 7.22. The van der Waals surface area contributed by atoms with Gasteiger partial charge in [0.15, 0.2) is 0 Å². The molecule has 0 aliphatic carbocycles. The molecule has 0 bridgehead atoms. The predicted octanol–water partition coefficient (Wildman–Crippen LogP) is 4.16. The summed E-state index contributed by atoms with van der Waals surface area (Å²) in [7, 11) is -0.221. The zero-order chi connectivity index (χ0) is 17.0. The van der Waals surface area contributed by atoms with Gasteiger partial charge in [0, 0.05) is 32.7 Å². The van der Waals surface area contributed by atoms with Crippen LogP contribution in [-0.2, 0) is 13.3 Å². The first kappa shape index (κ1) is 21.1. The Hall–Kier alpha value is 0.0569. The summed E-state index contributed by atoms with van der Waals surface area (Å²) < 4.78 is 20.2. The summed E-state index contributed by atoms with van der Waals surface area (Å²) in [4.78, 5) is 0. The van der Waals surface area contributed by atoms with Gasteiger partial charge in [0.05, 0.1) is 20.1 Å². The number of hydrogen-bond acceptors (Lipinski definition) is 3. The van der Waals surface area contributed by atoms with Crippen LogP contribution in [0.25, 0.3) is 0 Å². The van der Waals surface area contributed by atoms with Crippen LogP contribution < -0.4 is 0 Å². The van der Waals surface area contributed by atoms with Gasteiger partial charge in [-0.1, -0.05) is 40.0 Å². The first-order valence-corrected chi connectivity index (χ1v) is 11.8. The molecule has 0 atom stereocenters. The van der Waals surface area contributed by atoms with Crippen molar-refractivity contribution < 1.29 is 17.8 Å². The summed E-state index contributed by atoms with van der Waals surface area (Å²) in [5.74, 6) is 0. The second-order valence-corrected chi connectivity index (χ2v) is 9.77. The zero-order valence-electron chi connectivity index (χ0n) is 16.1. The fraction of sp³-hybridized carbons (Fsp3) is 1.00. The fourth-order valence-electron chi connectivity index (χ4n) is 3.10. The highest BCUT2D eigenvalue weighted by atomic mass is 28.4. The topological polar surface area (TPSA) is 27.7 Å². The zero-order valence-corrected chi connectivity index (χ0v) is 17.1. The van der Waals surface area contributed by atoms with Gasteiger partial charge in [-0.05, 0) is 19.3 Å². The number of rotatable bonds is 14. The SMILES string of the molecule is CCCCO[Si](C[N+]1(C)CCCC1)(OCCCC)OCCCC. The maximum absolute atomic E-state index is 6.37. The summed E-state index contributed by atoms with van der Waals surface area (Å²) in [6.07, 6.45) is 10.3. The highest BCUT2D eigenvalue weighted by Crippen LogP contribution is 2.23. The van der Waals surface area contributed by atoms with E-state index in [0.29, 0.717) is 0 Å². The number of hydrogen-bond donors (Lipinski definition) is 0. The summed E-state index contributed by atoms with van der Waals surface area (Å²) in [5.41, 5.74) is 0. The van der Waals surface area contributed by atoms with E-state index in [1.165, 1.54) is 25.9 Å². The van der Waals surface area contributed by atoms with Crippen molar-refractivity contribution in [2.45, 2.75) is 72.1 Å². The van der Waals surface area contributed by atoms with Gasteiger partial charge in [0.1, 0.15) is 6.17 Å². The lowest BCUT2D eigenvalue weighted by Crippen LogP contribution is -2.61. The van der Waals surface area contributed by atoms with E-state index in [1.807, 2.05) is 0 Å². The van der Waals surface area contributed by atoms with Crippen LogP contribution in [0.4, 0.5) is 0 Å². The van der Waals surface area contributed by atoms with Crippen LogP contribution in [-0.4, -0.2) is 59.4 Å². The van der Waals surface area contributed by atoms with Gasteiger partial charge in [0.2, 0.25) is 0 Å². The molecule has 4 nitrogen and oxygen atoms in total. The van der Waals surface area contributed by atoms with E-state index in [-0.39, 0.29) is 0 Å². The van der Waals surface area contributed by atoms with Crippen molar-refractivity contribution in [3.8, 4) is 0 Å². The lowest BCUT2D eigenvalue weighted by atomic mass is 10.4. The van der Waals surface area contributed by atoms with Crippen LogP contribution in [0.3, 0.4) is 0 Å². The summed E-state index contributed by atoms with van der Waals surface area (Å²) in [6, 6.07) is 0. The third kappa shape index (κ3) is 8.12. The maximum atomic E-state index is 6.37. The quantitative estimate of drug-likeness (QED) is 0.269. The van der Waals surface area contributed by atoms with Crippen molar-refractivity contribution in [3.63, 3.8) is 0 Å². The molecule has 0 aromatic heterocycles. The van der Waals surface area contributed by atoms with Gasteiger partial charge < -0.3 is 17.8 Å². The maximum Gasteiger partial charge on any atom is 0.559 e. The molecule has 0 aromatic carbocycles. The molecule has 0 spiro atoms. The molecule has 0 unspecified atom stereocenters. The average molecular weight is 347 g/mol. The molecule has 1 fully saturated rings. The first-order valence-electron chi connectivity index (χ1n) is 9.85. The Balaban J connectivity index is 2.75. The summed E-state index contributed by atoms with van der Waals surface area (Å²) >= 11 is 0. The smallest absolute Gasteiger partial charge is 0.370 e. The second kappa shape index (κ2) is 11.6. The van der Waals surface area contributed by atoms with E-state index in [2.05, 4.69) is 27.8 Å². The Morgan fingerprint density at radius 1 is 0.739 bits per heavy atom. The van der Waals surface area contributed by atoms with Gasteiger partial charge in [-0.3, -0.25) is 0 Å². The Morgan fingerprint density at radius 3 is 1.48 bits per heavy atom. The molecule has 0 radical (unpaired) electrons. The largest absolute Gasteiger partial charge is 0.559 e. The molecule has 5 heteroatoms. The molecule has 0 aromatic rings. The van der Waals surface area contributed by atoms with E-state index in [1.54, 1.807) is 0 Å². The highest BCUT2D eigenvalue weighted by molar-refractivity contribution is 6.60. The molecule has 0 saturated carbocycles. The van der Waals surface area contributed by atoms with Crippen LogP contribution in [0.15, 0.2) is 0 Å². The van der Waals surface area contributed by atoms with E-state index in [9.17, 15) is 0 Å². The standard InChI is InChI=1S/C18H40NO3Si/c1-5-8-15-20-23(21-16-9-6-2,22-17-10-7-3)18-19(4)13-11-12-14-19/h5-18H2,1-4H3/q+1. The number of unbranched alkanes of at least 4 members (excludes halogenated alkanes) is 3. The first-order chi connectivity index (χ1) is 11.1. The number of quaternary nitrogens is 1. The van der Waals surface area contributed by atoms with Gasteiger partial charge >= 0.3 is 8.80 Å². The minimum absolute atomic E-state index is 0.779. The van der Waals surface area contributed by atoms with Crippen LogP contribution in [0.1, 0.15) is 72.1 Å². The highest BCUT2D eigenvalue weighted by Gasteiger charge is 2.50. The van der Waals surface area contributed by atoms with Crippen molar-refractivity contribution in [3.05, 3.63) is 0 Å². The summed E-state index contributed by atoms with van der Waals surface area (Å²) in [5, 5.41) is 0. The fourth-order valence-corrected chi connectivity index (χ4v) is 6.24. The van der Waals surface area contributed by atoms with Gasteiger partial charge in [-0.15, -0.1) is 0 Å². The number of nitrogens with zero attached hydrogens (tertiary/aromatic N) is 1. The van der Waals surface area contributed by atoms with Crippen molar-refractivity contribution in [1.29, 1.82) is 0 Å². The average Bonchev–Trinajstić information content (AvgIpc) is 2.94. The third-order valence-corrected chi connectivity index (χ3v) is 7.76. The van der Waals surface area contributed by atoms with Crippen molar-refractivity contribution in [2.24, 2.45) is 0 Å². The van der Waals surface area contributed by atoms with Crippen LogP contribution >= 0.6 is 0 Å². The minimum Gasteiger partial charge on any atom is -0.370 e. The Bertz CT molecular complexity index is 269. The van der Waals surface area contributed by atoms with Gasteiger partial charge in [-0.2, -0.15) is 0 Å². The lowest BCUT2D eigenvalue weighted by molar-refractivity contribution is -0.890. The van der Waals surface area contributed by atoms with Crippen molar-refractivity contribution in [1.82, 2.24) is 0 Å². The normalized spacial score (nSPS) is 17.7. The number of likely N-dealkylation sites (tertiary alicyclic amines) is 1. The van der Waals surface area contributed by atoms with Crippen LogP contribution in [0.2, 0.25) is 0 Å². The molecular weight excluding hydrogens is 306 g/mol. The molecule has 23 heavy (non-hydrogen) atoms. The molecule has 1 aliphatic heterocycles. The third-order valence-electron chi connectivity index (χ3n) is 4.68. The van der Waals surface area contributed by atoms with E-state index >= 15 is 0 Å². The molecule has 1 heterocycles.